The van der Waals surface area contributed by atoms with E-state index < -0.39 is 0 Å². The van der Waals surface area contributed by atoms with Gasteiger partial charge in [0.2, 0.25) is 0 Å². The lowest BCUT2D eigenvalue weighted by Gasteiger charge is -2.17. The Bertz CT molecular complexity index is 487. The number of hydrogen-bond acceptors (Lipinski definition) is 5. The van der Waals surface area contributed by atoms with Crippen molar-refractivity contribution < 1.29 is 9.90 Å². The van der Waals surface area contributed by atoms with Gasteiger partial charge in [-0.05, 0) is 12.0 Å². The molecule has 6 heteroatoms. The van der Waals surface area contributed by atoms with Crippen molar-refractivity contribution in [3.8, 4) is 0 Å². The minimum absolute atomic E-state index is 0.00908. The molecule has 0 saturated heterocycles. The molecule has 0 aliphatic carbocycles. The highest BCUT2D eigenvalue weighted by atomic mass is 32.1. The van der Waals surface area contributed by atoms with E-state index in [1.165, 1.54) is 6.20 Å². The summed E-state index contributed by atoms with van der Waals surface area (Å²) in [6, 6.07) is 9.32. The van der Waals surface area contributed by atoms with Crippen molar-refractivity contribution in [2.75, 3.05) is 6.61 Å². The Morgan fingerprint density at radius 3 is 2.78 bits per heavy atom. The molecule has 5 nitrogen and oxygen atoms in total. The lowest BCUT2D eigenvalue weighted by atomic mass is 10.0. The predicted octanol–water partition coefficient (Wildman–Crippen LogP) is 1.39. The van der Waals surface area contributed by atoms with Gasteiger partial charge >= 0.3 is 0 Å². The number of nitrogens with zero attached hydrogens (tertiary/aromatic N) is 2. The summed E-state index contributed by atoms with van der Waals surface area (Å²) in [7, 11) is 0. The summed E-state index contributed by atoms with van der Waals surface area (Å²) in [5.41, 5.74) is 1.27. The van der Waals surface area contributed by atoms with Gasteiger partial charge in [-0.15, -0.1) is 0 Å². The summed E-state index contributed by atoms with van der Waals surface area (Å²) in [5, 5.41) is 11.9. The number of benzene rings is 1. The van der Waals surface area contributed by atoms with Gasteiger partial charge in [-0.25, -0.2) is 0 Å². The molecule has 1 aromatic heterocycles. The van der Waals surface area contributed by atoms with E-state index in [9.17, 15) is 4.79 Å². The number of carbonyl (C=O) groups is 1. The van der Waals surface area contributed by atoms with Crippen LogP contribution in [0.1, 0.15) is 28.5 Å². The number of hydrogen-bond donors (Lipinski definition) is 2. The molecule has 0 fully saturated rings. The summed E-state index contributed by atoms with van der Waals surface area (Å²) in [6.45, 7) is 0.00908. The van der Waals surface area contributed by atoms with E-state index in [-0.39, 0.29) is 18.6 Å². The van der Waals surface area contributed by atoms with Crippen LogP contribution in [0.4, 0.5) is 0 Å². The summed E-state index contributed by atoms with van der Waals surface area (Å²) in [6.07, 6.45) is 1.90. The van der Waals surface area contributed by atoms with Crippen molar-refractivity contribution >= 4 is 17.6 Å². The Hall–Kier alpha value is -1.79. The van der Waals surface area contributed by atoms with Crippen molar-refractivity contribution in [3.05, 3.63) is 47.8 Å². The number of aromatic nitrogens is 2. The third-order valence-electron chi connectivity index (χ3n) is 2.52. The largest absolute Gasteiger partial charge is 0.396 e. The minimum atomic E-state index is -0.272. The molecule has 2 N–H and O–H groups in total. The van der Waals surface area contributed by atoms with Gasteiger partial charge in [0, 0.05) is 6.61 Å². The third-order valence-corrected chi connectivity index (χ3v) is 3.00. The number of carbonyl (C=O) groups excluding carboxylic acids is 1. The zero-order valence-electron chi connectivity index (χ0n) is 9.61. The molecule has 2 aromatic rings. The Morgan fingerprint density at radius 1 is 1.39 bits per heavy atom. The van der Waals surface area contributed by atoms with Crippen molar-refractivity contribution in [2.24, 2.45) is 0 Å². The zero-order valence-corrected chi connectivity index (χ0v) is 10.4. The third kappa shape index (κ3) is 3.12. The molecule has 0 bridgehead atoms. The Balaban J connectivity index is 2.10. The van der Waals surface area contributed by atoms with E-state index in [1.54, 1.807) is 0 Å². The lowest BCUT2D eigenvalue weighted by molar-refractivity contribution is 0.0926. The fourth-order valence-corrected chi connectivity index (χ4v) is 2.05. The van der Waals surface area contributed by atoms with E-state index in [1.807, 2.05) is 30.3 Å². The topological polar surface area (TPSA) is 75.1 Å². The van der Waals surface area contributed by atoms with Crippen LogP contribution in [0.3, 0.4) is 0 Å². The molecule has 2 rings (SSSR count). The maximum Gasteiger partial charge on any atom is 0.273 e. The highest BCUT2D eigenvalue weighted by Gasteiger charge is 2.16. The molecular formula is C12H13N3O2S. The van der Waals surface area contributed by atoms with Crippen molar-refractivity contribution in [3.63, 3.8) is 0 Å². The average Bonchev–Trinajstić information content (AvgIpc) is 2.93. The second-order valence-corrected chi connectivity index (χ2v) is 4.30. The number of rotatable bonds is 5. The van der Waals surface area contributed by atoms with Crippen LogP contribution < -0.4 is 5.32 Å². The summed E-state index contributed by atoms with van der Waals surface area (Å²) < 4.78 is 7.67. The quantitative estimate of drug-likeness (QED) is 0.855. The molecule has 0 radical (unpaired) electrons. The predicted molar refractivity (Wildman–Crippen MR) is 68.3 cm³/mol. The molecule has 0 aliphatic rings. The van der Waals surface area contributed by atoms with Gasteiger partial charge < -0.3 is 10.4 Å². The van der Waals surface area contributed by atoms with Crippen LogP contribution >= 0.6 is 11.7 Å². The Kier molecular flexibility index (Phi) is 4.38. The smallest absolute Gasteiger partial charge is 0.273 e. The van der Waals surface area contributed by atoms with Gasteiger partial charge in [-0.2, -0.15) is 8.75 Å². The molecule has 1 unspecified atom stereocenters. The number of aliphatic hydroxyl groups is 1. The first kappa shape index (κ1) is 12.7. The van der Waals surface area contributed by atoms with Crippen LogP contribution in [-0.2, 0) is 0 Å². The molecule has 0 aliphatic heterocycles. The van der Waals surface area contributed by atoms with Crippen LogP contribution in [0.5, 0.6) is 0 Å². The zero-order chi connectivity index (χ0) is 12.8. The Labute approximate surface area is 109 Å². The molecular weight excluding hydrogens is 250 g/mol. The van der Waals surface area contributed by atoms with E-state index in [0.29, 0.717) is 12.1 Å². The maximum atomic E-state index is 11.9. The standard InChI is InChI=1S/C12H13N3O2S/c16-7-6-10(9-4-2-1-3-5-9)14-12(17)11-8-13-18-15-11/h1-5,8,10,16H,6-7H2,(H,14,17). The van der Waals surface area contributed by atoms with Crippen LogP contribution in [0, 0.1) is 0 Å². The van der Waals surface area contributed by atoms with Gasteiger partial charge in [0.05, 0.1) is 24.0 Å². The molecule has 0 spiro atoms. The first-order valence-corrected chi connectivity index (χ1v) is 6.28. The summed E-state index contributed by atoms with van der Waals surface area (Å²) in [4.78, 5) is 11.9. The Morgan fingerprint density at radius 2 is 2.17 bits per heavy atom. The van der Waals surface area contributed by atoms with Crippen LogP contribution in [0.15, 0.2) is 36.5 Å². The van der Waals surface area contributed by atoms with Crippen LogP contribution in [-0.4, -0.2) is 26.4 Å². The molecule has 94 valence electrons. The van der Waals surface area contributed by atoms with Gasteiger partial charge in [-0.1, -0.05) is 30.3 Å². The van der Waals surface area contributed by atoms with Gasteiger partial charge in [-0.3, -0.25) is 4.79 Å². The van der Waals surface area contributed by atoms with E-state index in [0.717, 1.165) is 17.3 Å². The summed E-state index contributed by atoms with van der Waals surface area (Å²) >= 11 is 0.994. The second kappa shape index (κ2) is 6.23. The SMILES string of the molecule is O=C(NC(CCO)c1ccccc1)c1cnsn1. The monoisotopic (exact) mass is 263 g/mol. The molecule has 1 aromatic carbocycles. The van der Waals surface area contributed by atoms with E-state index in [2.05, 4.69) is 14.1 Å². The average molecular weight is 263 g/mol. The van der Waals surface area contributed by atoms with Crippen LogP contribution in [0.2, 0.25) is 0 Å². The van der Waals surface area contributed by atoms with E-state index in [4.69, 9.17) is 5.11 Å². The van der Waals surface area contributed by atoms with Crippen molar-refractivity contribution in [1.82, 2.24) is 14.1 Å². The number of nitrogens with one attached hydrogen (secondary N) is 1. The number of amides is 1. The van der Waals surface area contributed by atoms with Gasteiger partial charge in [0.15, 0.2) is 5.69 Å². The highest BCUT2D eigenvalue weighted by molar-refractivity contribution is 6.99. The highest BCUT2D eigenvalue weighted by Crippen LogP contribution is 2.16. The van der Waals surface area contributed by atoms with E-state index >= 15 is 0 Å². The summed E-state index contributed by atoms with van der Waals surface area (Å²) in [5.74, 6) is -0.272. The van der Waals surface area contributed by atoms with Crippen molar-refractivity contribution in [2.45, 2.75) is 12.5 Å². The van der Waals surface area contributed by atoms with Crippen molar-refractivity contribution in [1.29, 1.82) is 0 Å². The fourth-order valence-electron chi connectivity index (χ4n) is 1.63. The molecule has 18 heavy (non-hydrogen) atoms. The molecule has 1 atom stereocenters. The molecule has 0 saturated carbocycles. The molecule has 1 heterocycles. The van der Waals surface area contributed by atoms with Gasteiger partial charge in [0.25, 0.3) is 5.91 Å². The first-order valence-electron chi connectivity index (χ1n) is 5.55. The lowest BCUT2D eigenvalue weighted by Crippen LogP contribution is -2.29. The normalized spacial score (nSPS) is 12.1. The maximum absolute atomic E-state index is 11.9. The van der Waals surface area contributed by atoms with Crippen LogP contribution in [0.25, 0.3) is 0 Å². The van der Waals surface area contributed by atoms with Gasteiger partial charge in [0.1, 0.15) is 0 Å². The fraction of sp³-hybridized carbons (Fsp3) is 0.250. The number of aliphatic hydroxyl groups excluding tert-OH is 1. The molecule has 1 amide bonds. The minimum Gasteiger partial charge on any atom is -0.396 e. The second-order valence-electron chi connectivity index (χ2n) is 3.74. The first-order chi connectivity index (χ1) is 8.81.